The van der Waals surface area contributed by atoms with E-state index in [-0.39, 0.29) is 21.7 Å². The van der Waals surface area contributed by atoms with Crippen molar-refractivity contribution >= 4 is 38.9 Å². The van der Waals surface area contributed by atoms with Crippen molar-refractivity contribution in [3.8, 4) is 17.3 Å². The fourth-order valence-electron chi connectivity index (χ4n) is 9.88. The fraction of sp³-hybridized carbons (Fsp3) is 0.234. The molecule has 69 heavy (non-hydrogen) atoms. The van der Waals surface area contributed by atoms with Gasteiger partial charge in [0.1, 0.15) is 17.3 Å². The molecule has 346 valence electrons. The number of rotatable bonds is 10. The predicted molar refractivity (Wildman–Crippen MR) is 290 cm³/mol. The average molecular weight is 905 g/mol. The third kappa shape index (κ3) is 8.72. The van der Waals surface area contributed by atoms with Crippen molar-refractivity contribution in [2.24, 2.45) is 0 Å². The van der Waals surface area contributed by atoms with Crippen LogP contribution in [0, 0.1) is 0 Å². The predicted octanol–water partition coefficient (Wildman–Crippen LogP) is 16.5. The van der Waals surface area contributed by atoms with Gasteiger partial charge in [0.2, 0.25) is 0 Å². The van der Waals surface area contributed by atoms with Gasteiger partial charge >= 0.3 is 0 Å². The molecule has 0 radical (unpaired) electrons. The number of hydrogen-bond donors (Lipinski definition) is 0. The molecule has 5 heteroatoms. The van der Waals surface area contributed by atoms with Gasteiger partial charge in [-0.3, -0.25) is 4.57 Å². The summed E-state index contributed by atoms with van der Waals surface area (Å²) in [7, 11) is 0. The van der Waals surface area contributed by atoms with Crippen molar-refractivity contribution in [1.82, 2.24) is 9.55 Å². The van der Waals surface area contributed by atoms with E-state index >= 15 is 0 Å². The van der Waals surface area contributed by atoms with Crippen LogP contribution in [0.25, 0.3) is 33.3 Å². The highest BCUT2D eigenvalue weighted by molar-refractivity contribution is 6.10. The lowest BCUT2D eigenvalue weighted by Gasteiger charge is -2.34. The van der Waals surface area contributed by atoms with Gasteiger partial charge in [-0.2, -0.15) is 0 Å². The topological polar surface area (TPSA) is 33.5 Å². The smallest absolute Gasteiger partial charge is 0.137 e. The molecule has 0 aliphatic carbocycles. The Morgan fingerprint density at radius 3 is 1.65 bits per heavy atom. The van der Waals surface area contributed by atoms with Gasteiger partial charge in [-0.25, -0.2) is 4.98 Å². The summed E-state index contributed by atoms with van der Waals surface area (Å²) >= 11 is 0. The molecule has 0 saturated carbocycles. The second-order valence-electron chi connectivity index (χ2n) is 21.9. The van der Waals surface area contributed by atoms with Crippen LogP contribution in [-0.4, -0.2) is 16.2 Å². The SMILES string of the molecule is CC(C)(C)c1ccnc(-n2c3ccc(C(C)(C)C)cc3c3ccc(Oc4cccc(N5C=C(c6ccccc6)N(c6cc(C(C)(C)c7ccccc7)cc(C(C)(C)c7ccccc7)c6)C5)c4)cc32)c1. The van der Waals surface area contributed by atoms with E-state index in [1.165, 1.54) is 44.2 Å². The zero-order valence-electron chi connectivity index (χ0n) is 41.9. The Hall–Kier alpha value is -7.37. The lowest BCUT2D eigenvalue weighted by atomic mass is 9.73. The van der Waals surface area contributed by atoms with Crippen molar-refractivity contribution in [2.75, 3.05) is 16.5 Å². The van der Waals surface area contributed by atoms with Crippen molar-refractivity contribution in [3.63, 3.8) is 0 Å². The molecule has 2 aromatic heterocycles. The molecular formula is C64H64N4O. The molecular weight excluding hydrogens is 841 g/mol. The van der Waals surface area contributed by atoms with Crippen LogP contribution in [0.3, 0.4) is 0 Å². The fourth-order valence-corrected chi connectivity index (χ4v) is 9.88. The summed E-state index contributed by atoms with van der Waals surface area (Å²) < 4.78 is 9.15. The number of pyridine rings is 1. The second-order valence-corrected chi connectivity index (χ2v) is 21.9. The van der Waals surface area contributed by atoms with E-state index in [4.69, 9.17) is 9.72 Å². The van der Waals surface area contributed by atoms with Gasteiger partial charge in [0.25, 0.3) is 0 Å². The van der Waals surface area contributed by atoms with Crippen LogP contribution < -0.4 is 14.5 Å². The van der Waals surface area contributed by atoms with Crippen molar-refractivity contribution in [3.05, 3.63) is 233 Å². The first-order valence-corrected chi connectivity index (χ1v) is 24.4. The average Bonchev–Trinajstić information content (AvgIpc) is 3.94. The molecule has 0 amide bonds. The molecule has 9 aromatic rings. The largest absolute Gasteiger partial charge is 0.457 e. The molecule has 1 aliphatic rings. The number of anilines is 2. The summed E-state index contributed by atoms with van der Waals surface area (Å²) in [5.74, 6) is 2.43. The molecule has 0 bridgehead atoms. The van der Waals surface area contributed by atoms with E-state index in [2.05, 4.69) is 272 Å². The number of ether oxygens (including phenoxy) is 1. The van der Waals surface area contributed by atoms with E-state index < -0.39 is 0 Å². The van der Waals surface area contributed by atoms with Crippen LogP contribution in [-0.2, 0) is 21.7 Å². The molecule has 5 nitrogen and oxygen atoms in total. The van der Waals surface area contributed by atoms with E-state index in [0.717, 1.165) is 51.0 Å². The highest BCUT2D eigenvalue weighted by Gasteiger charge is 2.32. The minimum atomic E-state index is -0.250. The summed E-state index contributed by atoms with van der Waals surface area (Å²) in [4.78, 5) is 9.77. The lowest BCUT2D eigenvalue weighted by molar-refractivity contribution is 0.483. The highest BCUT2D eigenvalue weighted by Crippen LogP contribution is 2.44. The first kappa shape index (κ1) is 45.4. The molecule has 7 aromatic carbocycles. The van der Waals surface area contributed by atoms with E-state index in [9.17, 15) is 0 Å². The number of aromatic nitrogens is 2. The van der Waals surface area contributed by atoms with Gasteiger partial charge in [0, 0.05) is 57.5 Å². The summed E-state index contributed by atoms with van der Waals surface area (Å²) in [5, 5.41) is 2.38. The quantitative estimate of drug-likeness (QED) is 0.137. The molecule has 0 unspecified atom stereocenters. The minimum Gasteiger partial charge on any atom is -0.457 e. The van der Waals surface area contributed by atoms with E-state index in [1.54, 1.807) is 0 Å². The van der Waals surface area contributed by atoms with Crippen molar-refractivity contribution < 1.29 is 4.74 Å². The molecule has 0 spiro atoms. The number of fused-ring (bicyclic) bond motifs is 3. The number of nitrogens with zero attached hydrogens (tertiary/aromatic N) is 4. The summed E-state index contributed by atoms with van der Waals surface area (Å²) in [6.45, 7) is 23.6. The summed E-state index contributed by atoms with van der Waals surface area (Å²) in [6, 6.07) is 66.0. The van der Waals surface area contributed by atoms with Gasteiger partial charge in [-0.05, 0) is 110 Å². The van der Waals surface area contributed by atoms with Crippen LogP contribution >= 0.6 is 0 Å². The minimum absolute atomic E-state index is 0.00997. The third-order valence-corrected chi connectivity index (χ3v) is 14.4. The van der Waals surface area contributed by atoms with E-state index in [1.807, 2.05) is 6.20 Å². The molecule has 10 rings (SSSR count). The second kappa shape index (κ2) is 17.3. The van der Waals surface area contributed by atoms with Crippen LogP contribution in [0.2, 0.25) is 0 Å². The zero-order valence-corrected chi connectivity index (χ0v) is 41.9. The first-order chi connectivity index (χ1) is 32.9. The maximum absolute atomic E-state index is 6.85. The molecule has 0 atom stereocenters. The standard InChI is InChI=1S/C64H64N4O/c1-61(2,3)47-29-32-57-56(38-47)55-31-30-54(41-58(55)68(57)60-39-48(33-34-65-60)62(4,5)6)69-53-28-20-27-51(40-53)66-42-59(44-21-14-11-15-22-44)67(43-66)52-36-49(63(7,8)45-23-16-12-17-24-45)35-50(37-52)64(9,10)46-25-18-13-19-26-46/h11-42H,43H2,1-10H3. The monoisotopic (exact) mass is 905 g/mol. The van der Waals surface area contributed by atoms with Crippen molar-refractivity contribution in [2.45, 2.75) is 90.9 Å². The van der Waals surface area contributed by atoms with Crippen molar-refractivity contribution in [1.29, 1.82) is 0 Å². The summed E-state index contributed by atoms with van der Waals surface area (Å²) in [6.07, 6.45) is 4.23. The third-order valence-electron chi connectivity index (χ3n) is 14.4. The molecule has 0 N–H and O–H groups in total. The Morgan fingerprint density at radius 1 is 0.435 bits per heavy atom. The van der Waals surface area contributed by atoms with Gasteiger partial charge in [-0.1, -0.05) is 178 Å². The van der Waals surface area contributed by atoms with Crippen LogP contribution in [0.1, 0.15) is 108 Å². The van der Waals surface area contributed by atoms with Crippen LogP contribution in [0.15, 0.2) is 194 Å². The Balaban J connectivity index is 1.04. The molecule has 0 saturated heterocycles. The maximum Gasteiger partial charge on any atom is 0.137 e. The number of hydrogen-bond acceptors (Lipinski definition) is 4. The van der Waals surface area contributed by atoms with Gasteiger partial charge < -0.3 is 14.5 Å². The number of benzene rings is 7. The highest BCUT2D eigenvalue weighted by atomic mass is 16.5. The van der Waals surface area contributed by atoms with Gasteiger partial charge in [0.15, 0.2) is 0 Å². The normalized spacial score (nSPS) is 13.6. The first-order valence-electron chi connectivity index (χ1n) is 24.4. The lowest BCUT2D eigenvalue weighted by Crippen LogP contribution is -2.28. The zero-order chi connectivity index (χ0) is 48.3. The van der Waals surface area contributed by atoms with Gasteiger partial charge in [0.05, 0.1) is 23.4 Å². The maximum atomic E-state index is 6.85. The molecule has 0 fully saturated rings. The molecule has 1 aliphatic heterocycles. The molecule has 3 heterocycles. The Kier molecular flexibility index (Phi) is 11.4. The Morgan fingerprint density at radius 2 is 1.03 bits per heavy atom. The van der Waals surface area contributed by atoms with Crippen LogP contribution in [0.5, 0.6) is 11.5 Å². The Labute approximate surface area is 409 Å². The van der Waals surface area contributed by atoms with E-state index in [0.29, 0.717) is 6.67 Å². The summed E-state index contributed by atoms with van der Waals surface area (Å²) in [5.41, 5.74) is 13.8. The Bertz CT molecular complexity index is 3280. The van der Waals surface area contributed by atoms with Gasteiger partial charge in [-0.15, -0.1) is 0 Å². The van der Waals surface area contributed by atoms with Crippen LogP contribution in [0.4, 0.5) is 11.4 Å².